The van der Waals surface area contributed by atoms with Crippen molar-refractivity contribution < 1.29 is 27.8 Å². The molecule has 0 radical (unpaired) electrons. The molecule has 88 valence electrons. The van der Waals surface area contributed by atoms with E-state index < -0.39 is 29.9 Å². The molecule has 0 heterocycles. The van der Waals surface area contributed by atoms with Gasteiger partial charge in [-0.15, -0.1) is 0 Å². The van der Waals surface area contributed by atoms with Crippen molar-refractivity contribution in [1.82, 2.24) is 0 Å². The number of hydrogen-bond donors (Lipinski definition) is 1. The number of benzene rings is 1. The molecule has 0 aliphatic rings. The van der Waals surface area contributed by atoms with Crippen molar-refractivity contribution in [3.8, 4) is 0 Å². The standard InChI is InChI=1S/C10H9F3O3/c1-16-9(15)7-4-2-3-6(5-14)8(7)10(11,12)13/h2-4,14H,5H2,1H3. The third-order valence-electron chi connectivity index (χ3n) is 2.01. The Morgan fingerprint density at radius 3 is 2.50 bits per heavy atom. The van der Waals surface area contributed by atoms with Crippen LogP contribution in [0.2, 0.25) is 0 Å². The van der Waals surface area contributed by atoms with E-state index in [-0.39, 0.29) is 5.56 Å². The lowest BCUT2D eigenvalue weighted by Gasteiger charge is -2.14. The van der Waals surface area contributed by atoms with Crippen LogP contribution in [0.1, 0.15) is 21.5 Å². The van der Waals surface area contributed by atoms with Crippen LogP contribution in [0.5, 0.6) is 0 Å². The van der Waals surface area contributed by atoms with Gasteiger partial charge in [-0.2, -0.15) is 13.2 Å². The Bertz CT molecular complexity index is 399. The minimum absolute atomic E-state index is 0.351. The number of aliphatic hydroxyl groups excluding tert-OH is 1. The van der Waals surface area contributed by atoms with Gasteiger partial charge in [0.05, 0.1) is 24.8 Å². The van der Waals surface area contributed by atoms with E-state index in [9.17, 15) is 18.0 Å². The molecule has 0 saturated heterocycles. The number of hydrogen-bond acceptors (Lipinski definition) is 3. The molecule has 0 aromatic heterocycles. The number of carbonyl (C=O) groups is 1. The van der Waals surface area contributed by atoms with Crippen LogP contribution < -0.4 is 0 Å². The number of methoxy groups -OCH3 is 1. The fraction of sp³-hybridized carbons (Fsp3) is 0.300. The summed E-state index contributed by atoms with van der Waals surface area (Å²) >= 11 is 0. The van der Waals surface area contributed by atoms with Crippen molar-refractivity contribution >= 4 is 5.97 Å². The van der Waals surface area contributed by atoms with E-state index in [0.29, 0.717) is 0 Å². The number of ether oxygens (including phenoxy) is 1. The van der Waals surface area contributed by atoms with Gasteiger partial charge in [-0.05, 0) is 11.6 Å². The molecular weight excluding hydrogens is 225 g/mol. The lowest BCUT2D eigenvalue weighted by molar-refractivity contribution is -0.139. The van der Waals surface area contributed by atoms with Crippen molar-refractivity contribution in [3.63, 3.8) is 0 Å². The zero-order valence-corrected chi connectivity index (χ0v) is 8.34. The van der Waals surface area contributed by atoms with Crippen molar-refractivity contribution in [3.05, 3.63) is 34.9 Å². The van der Waals surface area contributed by atoms with Crippen LogP contribution in [0.3, 0.4) is 0 Å². The number of alkyl halides is 3. The Balaban J connectivity index is 3.44. The first-order valence-electron chi connectivity index (χ1n) is 4.30. The van der Waals surface area contributed by atoms with Gasteiger partial charge in [-0.25, -0.2) is 4.79 Å². The number of rotatable bonds is 2. The number of carbonyl (C=O) groups excluding carboxylic acids is 1. The van der Waals surface area contributed by atoms with Gasteiger partial charge in [0.2, 0.25) is 0 Å². The molecule has 1 rings (SSSR count). The van der Waals surface area contributed by atoms with E-state index in [0.717, 1.165) is 19.2 Å². The zero-order chi connectivity index (χ0) is 12.3. The molecule has 0 bridgehead atoms. The number of esters is 1. The fourth-order valence-corrected chi connectivity index (χ4v) is 1.35. The molecule has 0 aliphatic heterocycles. The molecule has 1 N–H and O–H groups in total. The van der Waals surface area contributed by atoms with Crippen LogP contribution in [0.25, 0.3) is 0 Å². The van der Waals surface area contributed by atoms with Gasteiger partial charge in [-0.1, -0.05) is 12.1 Å². The molecule has 0 unspecified atom stereocenters. The van der Waals surface area contributed by atoms with E-state index in [2.05, 4.69) is 4.74 Å². The van der Waals surface area contributed by atoms with E-state index in [1.807, 2.05) is 0 Å². The molecule has 0 atom stereocenters. The average Bonchev–Trinajstić information content (AvgIpc) is 2.25. The SMILES string of the molecule is COC(=O)c1cccc(CO)c1C(F)(F)F. The Morgan fingerprint density at radius 1 is 1.44 bits per heavy atom. The van der Waals surface area contributed by atoms with Crippen LogP contribution in [0.4, 0.5) is 13.2 Å². The third kappa shape index (κ3) is 2.33. The maximum atomic E-state index is 12.7. The normalized spacial score (nSPS) is 11.3. The summed E-state index contributed by atoms with van der Waals surface area (Å²) in [5.74, 6) is -1.08. The summed E-state index contributed by atoms with van der Waals surface area (Å²) in [4.78, 5) is 11.1. The molecule has 0 spiro atoms. The number of aliphatic hydroxyl groups is 1. The molecule has 1 aromatic rings. The van der Waals surface area contributed by atoms with E-state index >= 15 is 0 Å². The second-order valence-corrected chi connectivity index (χ2v) is 2.99. The van der Waals surface area contributed by atoms with Gasteiger partial charge < -0.3 is 9.84 Å². The largest absolute Gasteiger partial charge is 0.465 e. The topological polar surface area (TPSA) is 46.5 Å². The lowest BCUT2D eigenvalue weighted by Crippen LogP contribution is -2.17. The molecule has 0 amide bonds. The molecule has 16 heavy (non-hydrogen) atoms. The van der Waals surface area contributed by atoms with Crippen molar-refractivity contribution in [1.29, 1.82) is 0 Å². The third-order valence-corrected chi connectivity index (χ3v) is 2.01. The smallest absolute Gasteiger partial charge is 0.417 e. The van der Waals surface area contributed by atoms with Gasteiger partial charge in [0.15, 0.2) is 0 Å². The molecule has 0 saturated carbocycles. The summed E-state index contributed by atoms with van der Waals surface area (Å²) in [5, 5.41) is 8.81. The fourth-order valence-electron chi connectivity index (χ4n) is 1.35. The first kappa shape index (κ1) is 12.5. The van der Waals surface area contributed by atoms with Gasteiger partial charge in [0.25, 0.3) is 0 Å². The first-order valence-corrected chi connectivity index (χ1v) is 4.30. The maximum absolute atomic E-state index is 12.7. The summed E-state index contributed by atoms with van der Waals surface area (Å²) in [5.41, 5.74) is -2.10. The molecule has 1 aromatic carbocycles. The van der Waals surface area contributed by atoms with E-state index in [1.165, 1.54) is 6.07 Å². The van der Waals surface area contributed by atoms with Gasteiger partial charge >= 0.3 is 12.1 Å². The second-order valence-electron chi connectivity index (χ2n) is 2.99. The Labute approximate surface area is 89.5 Å². The monoisotopic (exact) mass is 234 g/mol. The summed E-state index contributed by atoms with van der Waals surface area (Å²) in [7, 11) is 0.994. The van der Waals surface area contributed by atoms with Crippen LogP contribution in [-0.4, -0.2) is 18.2 Å². The van der Waals surface area contributed by atoms with Gasteiger partial charge in [-0.3, -0.25) is 0 Å². The zero-order valence-electron chi connectivity index (χ0n) is 8.34. The highest BCUT2D eigenvalue weighted by Gasteiger charge is 2.37. The van der Waals surface area contributed by atoms with E-state index in [1.54, 1.807) is 0 Å². The van der Waals surface area contributed by atoms with E-state index in [4.69, 9.17) is 5.11 Å². The van der Waals surface area contributed by atoms with Crippen LogP contribution >= 0.6 is 0 Å². The average molecular weight is 234 g/mol. The maximum Gasteiger partial charge on any atom is 0.417 e. The second kappa shape index (κ2) is 4.52. The molecule has 6 heteroatoms. The van der Waals surface area contributed by atoms with Gasteiger partial charge in [0, 0.05) is 0 Å². The van der Waals surface area contributed by atoms with Crippen LogP contribution in [-0.2, 0) is 17.5 Å². The van der Waals surface area contributed by atoms with Crippen molar-refractivity contribution in [2.24, 2.45) is 0 Å². The summed E-state index contributed by atoms with van der Waals surface area (Å²) in [6.07, 6.45) is -4.71. The quantitative estimate of drug-likeness (QED) is 0.796. The highest BCUT2D eigenvalue weighted by molar-refractivity contribution is 5.91. The van der Waals surface area contributed by atoms with Crippen LogP contribution in [0.15, 0.2) is 18.2 Å². The molecular formula is C10H9F3O3. The predicted molar refractivity (Wildman–Crippen MR) is 48.7 cm³/mol. The first-order chi connectivity index (χ1) is 7.41. The summed E-state index contributed by atoms with van der Waals surface area (Å²) in [6, 6.07) is 3.37. The minimum Gasteiger partial charge on any atom is -0.465 e. The minimum atomic E-state index is -4.71. The van der Waals surface area contributed by atoms with Gasteiger partial charge in [0.1, 0.15) is 0 Å². The summed E-state index contributed by atoms with van der Waals surface area (Å²) in [6.45, 7) is -0.792. The lowest BCUT2D eigenvalue weighted by atomic mass is 10.0. The Kier molecular flexibility index (Phi) is 3.54. The van der Waals surface area contributed by atoms with Crippen LogP contribution in [0, 0.1) is 0 Å². The van der Waals surface area contributed by atoms with Crippen molar-refractivity contribution in [2.45, 2.75) is 12.8 Å². The van der Waals surface area contributed by atoms with Crippen molar-refractivity contribution in [2.75, 3.05) is 7.11 Å². The number of halogens is 3. The molecule has 0 fully saturated rings. The Hall–Kier alpha value is -1.56. The molecule has 0 aliphatic carbocycles. The highest BCUT2D eigenvalue weighted by atomic mass is 19.4. The predicted octanol–water partition coefficient (Wildman–Crippen LogP) is 1.98. The highest BCUT2D eigenvalue weighted by Crippen LogP contribution is 2.35. The Morgan fingerprint density at radius 2 is 2.06 bits per heavy atom. The molecule has 3 nitrogen and oxygen atoms in total. The summed E-state index contributed by atoms with van der Waals surface area (Å²) < 4.78 is 42.3.